The van der Waals surface area contributed by atoms with E-state index in [2.05, 4.69) is 34.1 Å². The molecular formula is C23H32N2O3. The highest BCUT2D eigenvalue weighted by atomic mass is 16.3. The van der Waals surface area contributed by atoms with Gasteiger partial charge < -0.3 is 15.3 Å². The van der Waals surface area contributed by atoms with Gasteiger partial charge in [-0.3, -0.25) is 9.80 Å². The van der Waals surface area contributed by atoms with Crippen molar-refractivity contribution < 1.29 is 15.3 Å². The molecule has 0 radical (unpaired) electrons. The van der Waals surface area contributed by atoms with Crippen molar-refractivity contribution in [3.8, 4) is 0 Å². The van der Waals surface area contributed by atoms with Crippen molar-refractivity contribution >= 4 is 0 Å². The summed E-state index contributed by atoms with van der Waals surface area (Å²) in [5.74, 6) is -0.262. The summed E-state index contributed by atoms with van der Waals surface area (Å²) in [6.45, 7) is 7.26. The lowest BCUT2D eigenvalue weighted by Gasteiger charge is -2.37. The van der Waals surface area contributed by atoms with E-state index >= 15 is 0 Å². The monoisotopic (exact) mass is 384 g/mol. The van der Waals surface area contributed by atoms with Gasteiger partial charge in [0.2, 0.25) is 0 Å². The molecule has 28 heavy (non-hydrogen) atoms. The summed E-state index contributed by atoms with van der Waals surface area (Å²) in [5.41, 5.74) is 2.92. The summed E-state index contributed by atoms with van der Waals surface area (Å²) in [6.07, 6.45) is -1.31. The molecule has 1 aliphatic heterocycles. The number of aliphatic hydroxyl groups excluding tert-OH is 3. The fraction of sp³-hybridized carbons (Fsp3) is 0.478. The molecule has 1 heterocycles. The van der Waals surface area contributed by atoms with Gasteiger partial charge in [-0.1, -0.05) is 61.5 Å². The molecule has 2 aromatic rings. The van der Waals surface area contributed by atoms with Gasteiger partial charge in [0.05, 0.1) is 18.8 Å². The molecule has 0 aliphatic carbocycles. The predicted molar refractivity (Wildman–Crippen MR) is 111 cm³/mol. The molecule has 5 nitrogen and oxygen atoms in total. The van der Waals surface area contributed by atoms with E-state index in [9.17, 15) is 10.2 Å². The van der Waals surface area contributed by atoms with Crippen molar-refractivity contribution in [1.29, 1.82) is 0 Å². The van der Waals surface area contributed by atoms with Crippen LogP contribution in [0.25, 0.3) is 0 Å². The third-order valence-corrected chi connectivity index (χ3v) is 5.77. The minimum Gasteiger partial charge on any atom is -0.392 e. The second kappa shape index (κ2) is 10.1. The average molecular weight is 385 g/mol. The Labute approximate surface area is 167 Å². The first-order valence-electron chi connectivity index (χ1n) is 10.1. The smallest absolute Gasteiger partial charge is 0.0840 e. The molecule has 0 spiro atoms. The summed E-state index contributed by atoms with van der Waals surface area (Å²) >= 11 is 0. The summed E-state index contributed by atoms with van der Waals surface area (Å²) in [5, 5.41) is 30.4. The molecule has 0 amide bonds. The molecule has 0 saturated carbocycles. The lowest BCUT2D eigenvalue weighted by molar-refractivity contribution is -0.00707. The number of rotatable bonds is 8. The number of hydrogen-bond acceptors (Lipinski definition) is 5. The molecule has 3 unspecified atom stereocenters. The van der Waals surface area contributed by atoms with Crippen LogP contribution < -0.4 is 0 Å². The van der Waals surface area contributed by atoms with Crippen molar-refractivity contribution in [3.05, 3.63) is 71.3 Å². The Hall–Kier alpha value is -1.76. The van der Waals surface area contributed by atoms with Gasteiger partial charge in [-0.25, -0.2) is 0 Å². The van der Waals surface area contributed by atoms with E-state index in [1.165, 1.54) is 5.56 Å². The molecule has 2 aromatic carbocycles. The molecule has 1 saturated heterocycles. The maximum absolute atomic E-state index is 10.6. The van der Waals surface area contributed by atoms with Gasteiger partial charge in [0.25, 0.3) is 0 Å². The predicted octanol–water partition coefficient (Wildman–Crippen LogP) is 2.03. The van der Waals surface area contributed by atoms with E-state index in [1.54, 1.807) is 0 Å². The first-order valence-corrected chi connectivity index (χ1v) is 10.1. The molecule has 3 rings (SSSR count). The Kier molecular flexibility index (Phi) is 7.59. The lowest BCUT2D eigenvalue weighted by Crippen LogP contribution is -2.49. The summed E-state index contributed by atoms with van der Waals surface area (Å²) < 4.78 is 0. The van der Waals surface area contributed by atoms with Crippen LogP contribution in [-0.4, -0.2) is 63.9 Å². The standard InChI is InChI=1S/C23H32N2O3/c1-18(23(28)21-9-7-20(17-26)8-10-21)22(27)16-25-13-11-24(12-14-25)15-19-5-3-2-4-6-19/h2-10,18,22-23,26-28H,11-17H2,1H3. The number of benzene rings is 2. The molecule has 0 bridgehead atoms. The SMILES string of the molecule is CC(C(O)CN1CCN(Cc2ccccc2)CC1)C(O)c1ccc(CO)cc1. The van der Waals surface area contributed by atoms with Crippen LogP contribution in [0.5, 0.6) is 0 Å². The van der Waals surface area contributed by atoms with E-state index < -0.39 is 12.2 Å². The number of hydrogen-bond donors (Lipinski definition) is 3. The zero-order valence-electron chi connectivity index (χ0n) is 16.6. The Bertz CT molecular complexity index is 700. The van der Waals surface area contributed by atoms with Crippen LogP contribution >= 0.6 is 0 Å². The zero-order chi connectivity index (χ0) is 19.9. The van der Waals surface area contributed by atoms with Crippen LogP contribution in [0.1, 0.15) is 29.7 Å². The van der Waals surface area contributed by atoms with Crippen LogP contribution in [0.2, 0.25) is 0 Å². The Morgan fingerprint density at radius 3 is 2.04 bits per heavy atom. The highest BCUT2D eigenvalue weighted by molar-refractivity contribution is 5.24. The minimum atomic E-state index is -0.720. The number of piperazine rings is 1. The van der Waals surface area contributed by atoms with E-state index in [1.807, 2.05) is 37.3 Å². The molecule has 0 aromatic heterocycles. The summed E-state index contributed by atoms with van der Waals surface area (Å²) in [7, 11) is 0. The third kappa shape index (κ3) is 5.63. The van der Waals surface area contributed by atoms with Gasteiger partial charge >= 0.3 is 0 Å². The van der Waals surface area contributed by atoms with Crippen molar-refractivity contribution in [2.45, 2.75) is 32.3 Å². The molecule has 1 fully saturated rings. The molecular weight excluding hydrogens is 352 g/mol. The van der Waals surface area contributed by atoms with Gasteiger partial charge in [0.15, 0.2) is 0 Å². The van der Waals surface area contributed by atoms with Gasteiger partial charge in [0.1, 0.15) is 0 Å². The minimum absolute atomic E-state index is 0.00912. The number of β-amino-alcohol motifs (C(OH)–C–C–N with tert-alkyl or cyclic N) is 1. The zero-order valence-corrected chi connectivity index (χ0v) is 16.6. The molecule has 1 aliphatic rings. The second-order valence-corrected chi connectivity index (χ2v) is 7.83. The lowest BCUT2D eigenvalue weighted by atomic mass is 9.91. The van der Waals surface area contributed by atoms with Crippen LogP contribution in [0.15, 0.2) is 54.6 Å². The second-order valence-electron chi connectivity index (χ2n) is 7.83. The topological polar surface area (TPSA) is 67.2 Å². The van der Waals surface area contributed by atoms with Gasteiger partial charge in [-0.15, -0.1) is 0 Å². The highest BCUT2D eigenvalue weighted by Gasteiger charge is 2.27. The average Bonchev–Trinajstić information content (AvgIpc) is 2.75. The van der Waals surface area contributed by atoms with Crippen molar-refractivity contribution in [2.75, 3.05) is 32.7 Å². The van der Waals surface area contributed by atoms with Crippen LogP contribution in [0, 0.1) is 5.92 Å². The van der Waals surface area contributed by atoms with E-state index in [4.69, 9.17) is 5.11 Å². The number of aliphatic hydroxyl groups is 3. The quantitative estimate of drug-likeness (QED) is 0.650. The van der Waals surface area contributed by atoms with Gasteiger partial charge in [0, 0.05) is 45.2 Å². The number of nitrogens with zero attached hydrogens (tertiary/aromatic N) is 2. The molecule has 5 heteroatoms. The van der Waals surface area contributed by atoms with E-state index in [-0.39, 0.29) is 12.5 Å². The van der Waals surface area contributed by atoms with Crippen LogP contribution in [0.3, 0.4) is 0 Å². The maximum Gasteiger partial charge on any atom is 0.0840 e. The van der Waals surface area contributed by atoms with Crippen molar-refractivity contribution in [1.82, 2.24) is 9.80 Å². The third-order valence-electron chi connectivity index (χ3n) is 5.77. The highest BCUT2D eigenvalue weighted by Crippen LogP contribution is 2.25. The molecule has 3 N–H and O–H groups in total. The van der Waals surface area contributed by atoms with Crippen LogP contribution in [0.4, 0.5) is 0 Å². The first kappa shape index (κ1) is 21.0. The van der Waals surface area contributed by atoms with Gasteiger partial charge in [-0.05, 0) is 16.7 Å². The van der Waals surface area contributed by atoms with E-state index in [0.29, 0.717) is 6.54 Å². The van der Waals surface area contributed by atoms with Crippen molar-refractivity contribution in [3.63, 3.8) is 0 Å². The Morgan fingerprint density at radius 1 is 0.821 bits per heavy atom. The van der Waals surface area contributed by atoms with E-state index in [0.717, 1.165) is 43.9 Å². The fourth-order valence-corrected chi connectivity index (χ4v) is 3.74. The molecule has 3 atom stereocenters. The van der Waals surface area contributed by atoms with Gasteiger partial charge in [-0.2, -0.15) is 0 Å². The Balaban J connectivity index is 1.45. The molecule has 152 valence electrons. The summed E-state index contributed by atoms with van der Waals surface area (Å²) in [4.78, 5) is 4.73. The largest absolute Gasteiger partial charge is 0.392 e. The van der Waals surface area contributed by atoms with Crippen LogP contribution in [-0.2, 0) is 13.2 Å². The summed E-state index contributed by atoms with van der Waals surface area (Å²) in [6, 6.07) is 17.8. The first-order chi connectivity index (χ1) is 13.6. The fourth-order valence-electron chi connectivity index (χ4n) is 3.74. The van der Waals surface area contributed by atoms with Crippen molar-refractivity contribution in [2.24, 2.45) is 5.92 Å². The Morgan fingerprint density at radius 2 is 1.43 bits per heavy atom. The maximum atomic E-state index is 10.6. The normalized spacial score (nSPS) is 19.3.